The van der Waals surface area contributed by atoms with Crippen molar-refractivity contribution in [3.05, 3.63) is 34.9 Å². The summed E-state index contributed by atoms with van der Waals surface area (Å²) >= 11 is 0. The van der Waals surface area contributed by atoms with E-state index >= 15 is 0 Å². The lowest BCUT2D eigenvalue weighted by Gasteiger charge is -2.32. The molecule has 0 fully saturated rings. The van der Waals surface area contributed by atoms with E-state index in [4.69, 9.17) is 5.11 Å². The second kappa shape index (κ2) is 6.77. The van der Waals surface area contributed by atoms with Gasteiger partial charge in [0.2, 0.25) is 0 Å². The lowest BCUT2D eigenvalue weighted by molar-refractivity contribution is 0.175. The van der Waals surface area contributed by atoms with Gasteiger partial charge in [0.25, 0.3) is 0 Å². The summed E-state index contributed by atoms with van der Waals surface area (Å²) in [5.41, 5.74) is 4.24. The minimum absolute atomic E-state index is 0.258. The second-order valence-corrected chi connectivity index (χ2v) is 4.56. The van der Waals surface area contributed by atoms with Gasteiger partial charge in [0, 0.05) is 19.6 Å². The number of benzene rings is 1. The van der Waals surface area contributed by atoms with Crippen molar-refractivity contribution in [3.63, 3.8) is 0 Å². The molecule has 1 aliphatic rings. The molecule has 0 saturated carbocycles. The standard InChI is InChI=1S/C13H19NO.C2H6/c1-10-3-4-13-11(2)8-14(5-6-15)9-12(13)7-10;1-2/h3-4,7,11,15H,5-6,8-9H2,1-2H3;1-2H3. The van der Waals surface area contributed by atoms with Crippen LogP contribution in [-0.2, 0) is 6.54 Å². The van der Waals surface area contributed by atoms with Crippen LogP contribution in [0.2, 0.25) is 0 Å². The summed E-state index contributed by atoms with van der Waals surface area (Å²) in [6.45, 7) is 11.5. The van der Waals surface area contributed by atoms with E-state index in [1.54, 1.807) is 0 Å². The third-order valence-corrected chi connectivity index (χ3v) is 3.17. The van der Waals surface area contributed by atoms with Gasteiger partial charge in [-0.3, -0.25) is 4.90 Å². The molecule has 0 saturated heterocycles. The maximum absolute atomic E-state index is 8.97. The molecule has 0 aliphatic carbocycles. The van der Waals surface area contributed by atoms with Crippen LogP contribution in [0, 0.1) is 6.92 Å². The molecule has 2 rings (SSSR count). The highest BCUT2D eigenvalue weighted by Gasteiger charge is 2.21. The molecule has 0 amide bonds. The number of hydrogen-bond donors (Lipinski definition) is 1. The van der Waals surface area contributed by atoms with E-state index in [9.17, 15) is 0 Å². The van der Waals surface area contributed by atoms with Crippen molar-refractivity contribution in [2.45, 2.75) is 40.2 Å². The molecule has 1 unspecified atom stereocenters. The van der Waals surface area contributed by atoms with Gasteiger partial charge in [-0.15, -0.1) is 0 Å². The summed E-state index contributed by atoms with van der Waals surface area (Å²) in [6.07, 6.45) is 0. The molecule has 2 heteroatoms. The number of hydrogen-bond acceptors (Lipinski definition) is 2. The van der Waals surface area contributed by atoms with Crippen molar-refractivity contribution in [3.8, 4) is 0 Å². The molecular formula is C15H25NO. The zero-order valence-electron chi connectivity index (χ0n) is 11.5. The van der Waals surface area contributed by atoms with Crippen LogP contribution in [-0.4, -0.2) is 29.7 Å². The van der Waals surface area contributed by atoms with Crippen LogP contribution >= 0.6 is 0 Å². The van der Waals surface area contributed by atoms with E-state index in [1.165, 1.54) is 16.7 Å². The van der Waals surface area contributed by atoms with E-state index < -0.39 is 0 Å². The van der Waals surface area contributed by atoms with E-state index in [-0.39, 0.29) is 6.61 Å². The quantitative estimate of drug-likeness (QED) is 0.852. The first kappa shape index (κ1) is 14.2. The van der Waals surface area contributed by atoms with Crippen LogP contribution in [0.15, 0.2) is 18.2 Å². The zero-order valence-corrected chi connectivity index (χ0v) is 11.5. The number of fused-ring (bicyclic) bond motifs is 1. The van der Waals surface area contributed by atoms with Crippen LogP contribution in [0.4, 0.5) is 0 Å². The van der Waals surface area contributed by atoms with Crippen molar-refractivity contribution in [2.75, 3.05) is 19.7 Å². The highest BCUT2D eigenvalue weighted by atomic mass is 16.3. The maximum Gasteiger partial charge on any atom is 0.0558 e. The molecule has 2 nitrogen and oxygen atoms in total. The summed E-state index contributed by atoms with van der Waals surface area (Å²) in [5, 5.41) is 8.97. The van der Waals surface area contributed by atoms with Gasteiger partial charge in [-0.1, -0.05) is 44.5 Å². The Labute approximate surface area is 105 Å². The van der Waals surface area contributed by atoms with Crippen molar-refractivity contribution >= 4 is 0 Å². The normalized spacial score (nSPS) is 19.2. The number of aliphatic hydroxyl groups excluding tert-OH is 1. The lowest BCUT2D eigenvalue weighted by Crippen LogP contribution is -2.34. The van der Waals surface area contributed by atoms with Gasteiger partial charge in [0.05, 0.1) is 6.61 Å². The monoisotopic (exact) mass is 235 g/mol. The Balaban J connectivity index is 0.000000686. The molecule has 1 atom stereocenters. The molecule has 1 heterocycles. The molecule has 0 bridgehead atoms. The Hall–Kier alpha value is -0.860. The van der Waals surface area contributed by atoms with Crippen LogP contribution in [0.3, 0.4) is 0 Å². The summed E-state index contributed by atoms with van der Waals surface area (Å²) in [5.74, 6) is 0.584. The molecule has 0 spiro atoms. The molecule has 1 N–H and O–H groups in total. The number of nitrogens with zero attached hydrogens (tertiary/aromatic N) is 1. The fourth-order valence-corrected chi connectivity index (χ4v) is 2.46. The first-order valence-corrected chi connectivity index (χ1v) is 6.63. The highest BCUT2D eigenvalue weighted by molar-refractivity contribution is 5.35. The fraction of sp³-hybridized carbons (Fsp3) is 0.600. The third kappa shape index (κ3) is 3.55. The van der Waals surface area contributed by atoms with Crippen molar-refractivity contribution < 1.29 is 5.11 Å². The molecule has 1 aromatic carbocycles. The van der Waals surface area contributed by atoms with Crippen molar-refractivity contribution in [1.29, 1.82) is 0 Å². The first-order valence-electron chi connectivity index (χ1n) is 6.63. The van der Waals surface area contributed by atoms with E-state index in [2.05, 4.69) is 36.9 Å². The highest BCUT2D eigenvalue weighted by Crippen LogP contribution is 2.28. The van der Waals surface area contributed by atoms with Gasteiger partial charge >= 0.3 is 0 Å². The Bertz CT molecular complexity index is 349. The molecule has 1 aliphatic heterocycles. The van der Waals surface area contributed by atoms with Crippen LogP contribution in [0.5, 0.6) is 0 Å². The first-order chi connectivity index (χ1) is 8.20. The third-order valence-electron chi connectivity index (χ3n) is 3.17. The second-order valence-electron chi connectivity index (χ2n) is 4.56. The van der Waals surface area contributed by atoms with Crippen molar-refractivity contribution in [2.24, 2.45) is 0 Å². The smallest absolute Gasteiger partial charge is 0.0558 e. The summed E-state index contributed by atoms with van der Waals surface area (Å²) < 4.78 is 0. The molecule has 1 aromatic rings. The van der Waals surface area contributed by atoms with E-state index in [0.29, 0.717) is 5.92 Å². The van der Waals surface area contributed by atoms with E-state index in [1.807, 2.05) is 13.8 Å². The Morgan fingerprint density at radius 3 is 2.71 bits per heavy atom. The lowest BCUT2D eigenvalue weighted by atomic mass is 9.90. The molecule has 96 valence electrons. The Kier molecular flexibility index (Phi) is 5.66. The maximum atomic E-state index is 8.97. The van der Waals surface area contributed by atoms with Crippen molar-refractivity contribution in [1.82, 2.24) is 4.90 Å². The van der Waals surface area contributed by atoms with Crippen LogP contribution in [0.1, 0.15) is 43.4 Å². The number of β-amino-alcohol motifs (C(OH)–C–C–N with tert-alkyl or cyclic N) is 1. The Morgan fingerprint density at radius 1 is 1.35 bits per heavy atom. The number of aryl methyl sites for hydroxylation is 1. The number of aliphatic hydroxyl groups is 1. The molecule has 0 radical (unpaired) electrons. The average molecular weight is 235 g/mol. The number of rotatable bonds is 2. The topological polar surface area (TPSA) is 23.5 Å². The zero-order chi connectivity index (χ0) is 12.8. The molecule has 17 heavy (non-hydrogen) atoms. The SMILES string of the molecule is CC.Cc1ccc2c(c1)CN(CCO)CC2C. The predicted molar refractivity (Wildman–Crippen MR) is 73.3 cm³/mol. The van der Waals surface area contributed by atoms with E-state index in [0.717, 1.165) is 19.6 Å². The van der Waals surface area contributed by atoms with Gasteiger partial charge in [0.1, 0.15) is 0 Å². The molecule has 0 aromatic heterocycles. The van der Waals surface area contributed by atoms with Gasteiger partial charge in [0.15, 0.2) is 0 Å². The summed E-state index contributed by atoms with van der Waals surface area (Å²) in [4.78, 5) is 2.33. The average Bonchev–Trinajstić information content (AvgIpc) is 2.31. The largest absolute Gasteiger partial charge is 0.395 e. The summed E-state index contributed by atoms with van der Waals surface area (Å²) in [7, 11) is 0. The minimum atomic E-state index is 0.258. The van der Waals surface area contributed by atoms with Crippen LogP contribution < -0.4 is 0 Å². The Morgan fingerprint density at radius 2 is 2.06 bits per heavy atom. The van der Waals surface area contributed by atoms with Gasteiger partial charge in [-0.05, 0) is 24.0 Å². The fourth-order valence-electron chi connectivity index (χ4n) is 2.46. The van der Waals surface area contributed by atoms with Gasteiger partial charge in [-0.2, -0.15) is 0 Å². The predicted octanol–water partition coefficient (Wildman–Crippen LogP) is 2.93. The molecular weight excluding hydrogens is 210 g/mol. The summed E-state index contributed by atoms with van der Waals surface area (Å²) in [6, 6.07) is 6.72. The van der Waals surface area contributed by atoms with Gasteiger partial charge in [-0.25, -0.2) is 0 Å². The van der Waals surface area contributed by atoms with Gasteiger partial charge < -0.3 is 5.11 Å². The van der Waals surface area contributed by atoms with Crippen LogP contribution in [0.25, 0.3) is 0 Å². The minimum Gasteiger partial charge on any atom is -0.395 e.